The molecule has 1 aliphatic rings. The summed E-state index contributed by atoms with van der Waals surface area (Å²) in [6.45, 7) is 0. The Hall–Kier alpha value is -1.35. The normalized spacial score (nSPS) is 23.6. The third-order valence-corrected chi connectivity index (χ3v) is 3.91. The number of rotatable bonds is 4. The van der Waals surface area contributed by atoms with Crippen molar-refractivity contribution >= 4 is 5.97 Å². The molecular formula is C17H24O3. The van der Waals surface area contributed by atoms with Crippen molar-refractivity contribution in [3.05, 3.63) is 35.9 Å². The van der Waals surface area contributed by atoms with Gasteiger partial charge in [0, 0.05) is 6.42 Å². The van der Waals surface area contributed by atoms with Gasteiger partial charge in [-0.25, -0.2) is 0 Å². The molecule has 0 heterocycles. The number of ether oxygens (including phenoxy) is 1. The Labute approximate surface area is 121 Å². The van der Waals surface area contributed by atoms with Crippen LogP contribution in [0.1, 0.15) is 50.5 Å². The first kappa shape index (κ1) is 15.0. The lowest BCUT2D eigenvalue weighted by Crippen LogP contribution is -2.32. The molecule has 0 saturated heterocycles. The molecule has 1 saturated carbocycles. The van der Waals surface area contributed by atoms with Crippen LogP contribution in [0.2, 0.25) is 0 Å². The summed E-state index contributed by atoms with van der Waals surface area (Å²) >= 11 is 0. The number of esters is 1. The highest BCUT2D eigenvalue weighted by Gasteiger charge is 2.24. The minimum absolute atomic E-state index is 0.196. The SMILES string of the molecule is O=C(CCc1ccccc1)O[C@H]1CCCCCC[C@H]1O. The number of aliphatic hydroxyl groups is 1. The van der Waals surface area contributed by atoms with Gasteiger partial charge >= 0.3 is 5.97 Å². The topological polar surface area (TPSA) is 46.5 Å². The average molecular weight is 276 g/mol. The van der Waals surface area contributed by atoms with Crippen molar-refractivity contribution < 1.29 is 14.6 Å². The summed E-state index contributed by atoms with van der Waals surface area (Å²) < 4.78 is 5.47. The number of aryl methyl sites for hydroxylation is 1. The number of hydrogen-bond acceptors (Lipinski definition) is 3. The van der Waals surface area contributed by atoms with Crippen molar-refractivity contribution in [3.63, 3.8) is 0 Å². The first-order valence-corrected chi connectivity index (χ1v) is 7.67. The van der Waals surface area contributed by atoms with E-state index in [2.05, 4.69) is 0 Å². The van der Waals surface area contributed by atoms with Gasteiger partial charge in [-0.2, -0.15) is 0 Å². The molecule has 110 valence electrons. The average Bonchev–Trinajstić information content (AvgIpc) is 2.46. The summed E-state index contributed by atoms with van der Waals surface area (Å²) in [6, 6.07) is 9.93. The molecule has 3 nitrogen and oxygen atoms in total. The van der Waals surface area contributed by atoms with E-state index in [4.69, 9.17) is 4.74 Å². The van der Waals surface area contributed by atoms with Gasteiger partial charge in [0.25, 0.3) is 0 Å². The molecule has 2 atom stereocenters. The van der Waals surface area contributed by atoms with Crippen LogP contribution in [0.5, 0.6) is 0 Å². The fourth-order valence-corrected chi connectivity index (χ4v) is 2.69. The summed E-state index contributed by atoms with van der Waals surface area (Å²) in [5, 5.41) is 10.0. The maximum absolute atomic E-state index is 11.9. The van der Waals surface area contributed by atoms with Crippen LogP contribution in [0.25, 0.3) is 0 Å². The van der Waals surface area contributed by atoms with Gasteiger partial charge in [-0.1, -0.05) is 49.6 Å². The molecular weight excluding hydrogens is 252 g/mol. The molecule has 0 radical (unpaired) electrons. The van der Waals surface area contributed by atoms with Crippen LogP contribution in [0.15, 0.2) is 30.3 Å². The Morgan fingerprint density at radius 1 is 1.10 bits per heavy atom. The third-order valence-electron chi connectivity index (χ3n) is 3.91. The van der Waals surface area contributed by atoms with Gasteiger partial charge in [-0.3, -0.25) is 4.79 Å². The Morgan fingerprint density at radius 3 is 2.55 bits per heavy atom. The summed E-state index contributed by atoms with van der Waals surface area (Å²) in [5.74, 6) is -0.196. The van der Waals surface area contributed by atoms with E-state index in [0.717, 1.165) is 31.2 Å². The lowest BCUT2D eigenvalue weighted by Gasteiger charge is -2.25. The molecule has 0 aromatic heterocycles. The van der Waals surface area contributed by atoms with Crippen LogP contribution in [0.4, 0.5) is 0 Å². The van der Waals surface area contributed by atoms with Crippen LogP contribution >= 0.6 is 0 Å². The van der Waals surface area contributed by atoms with Gasteiger partial charge in [0.2, 0.25) is 0 Å². The summed E-state index contributed by atoms with van der Waals surface area (Å²) in [4.78, 5) is 11.9. The van der Waals surface area contributed by atoms with E-state index in [1.807, 2.05) is 30.3 Å². The van der Waals surface area contributed by atoms with Crippen LogP contribution in [-0.2, 0) is 16.0 Å². The molecule has 0 unspecified atom stereocenters. The molecule has 3 heteroatoms. The molecule has 0 spiro atoms. The zero-order chi connectivity index (χ0) is 14.2. The van der Waals surface area contributed by atoms with E-state index >= 15 is 0 Å². The van der Waals surface area contributed by atoms with Crippen LogP contribution < -0.4 is 0 Å². The van der Waals surface area contributed by atoms with Crippen molar-refractivity contribution in [2.75, 3.05) is 0 Å². The number of carbonyl (C=O) groups is 1. The fraction of sp³-hybridized carbons (Fsp3) is 0.588. The van der Waals surface area contributed by atoms with E-state index in [1.165, 1.54) is 12.8 Å². The van der Waals surface area contributed by atoms with Crippen molar-refractivity contribution in [2.24, 2.45) is 0 Å². The first-order valence-electron chi connectivity index (χ1n) is 7.67. The molecule has 0 amide bonds. The maximum Gasteiger partial charge on any atom is 0.306 e. The monoisotopic (exact) mass is 276 g/mol. The molecule has 1 N–H and O–H groups in total. The van der Waals surface area contributed by atoms with E-state index < -0.39 is 6.10 Å². The lowest BCUT2D eigenvalue weighted by molar-refractivity contribution is -0.156. The lowest BCUT2D eigenvalue weighted by atomic mass is 9.96. The molecule has 2 rings (SSSR count). The van der Waals surface area contributed by atoms with Crippen LogP contribution in [0, 0.1) is 0 Å². The zero-order valence-corrected chi connectivity index (χ0v) is 12.0. The number of aliphatic hydroxyl groups excluding tert-OH is 1. The number of carbonyl (C=O) groups excluding carboxylic acids is 1. The molecule has 0 aliphatic heterocycles. The van der Waals surface area contributed by atoms with E-state index in [-0.39, 0.29) is 12.1 Å². The Balaban J connectivity index is 1.77. The van der Waals surface area contributed by atoms with Gasteiger partial charge in [-0.15, -0.1) is 0 Å². The van der Waals surface area contributed by atoms with Crippen LogP contribution in [0.3, 0.4) is 0 Å². The van der Waals surface area contributed by atoms with E-state index in [9.17, 15) is 9.90 Å². The first-order chi connectivity index (χ1) is 9.75. The highest BCUT2D eigenvalue weighted by atomic mass is 16.6. The molecule has 0 bridgehead atoms. The highest BCUT2D eigenvalue weighted by molar-refractivity contribution is 5.70. The molecule has 1 aliphatic carbocycles. The minimum atomic E-state index is -0.490. The fourth-order valence-electron chi connectivity index (χ4n) is 2.69. The number of hydrogen-bond donors (Lipinski definition) is 1. The van der Waals surface area contributed by atoms with Crippen molar-refractivity contribution in [2.45, 2.75) is 63.6 Å². The summed E-state index contributed by atoms with van der Waals surface area (Å²) in [7, 11) is 0. The van der Waals surface area contributed by atoms with Gasteiger partial charge in [0.1, 0.15) is 6.10 Å². The Kier molecular flexibility index (Phi) is 6.06. The maximum atomic E-state index is 11.9. The smallest absolute Gasteiger partial charge is 0.306 e. The van der Waals surface area contributed by atoms with Crippen molar-refractivity contribution in [1.29, 1.82) is 0 Å². The second-order valence-electron chi connectivity index (χ2n) is 5.57. The van der Waals surface area contributed by atoms with Gasteiger partial charge in [-0.05, 0) is 31.2 Å². The summed E-state index contributed by atoms with van der Waals surface area (Å²) in [5.41, 5.74) is 1.14. The van der Waals surface area contributed by atoms with Gasteiger partial charge in [0.05, 0.1) is 6.10 Å². The van der Waals surface area contributed by atoms with Gasteiger partial charge < -0.3 is 9.84 Å². The zero-order valence-electron chi connectivity index (χ0n) is 12.0. The molecule has 20 heavy (non-hydrogen) atoms. The van der Waals surface area contributed by atoms with E-state index in [0.29, 0.717) is 12.8 Å². The Bertz CT molecular complexity index is 402. The molecule has 1 fully saturated rings. The van der Waals surface area contributed by atoms with Gasteiger partial charge in [0.15, 0.2) is 0 Å². The standard InChI is InChI=1S/C17H24O3/c18-15-10-6-1-2-7-11-16(15)20-17(19)13-12-14-8-4-3-5-9-14/h3-5,8-9,15-16,18H,1-2,6-7,10-13H2/t15-,16+/m1/s1. The predicted octanol–water partition coefficient (Wildman–Crippen LogP) is 3.25. The quantitative estimate of drug-likeness (QED) is 0.859. The second-order valence-corrected chi connectivity index (χ2v) is 5.57. The molecule has 1 aromatic rings. The largest absolute Gasteiger partial charge is 0.460 e. The second kappa shape index (κ2) is 8.05. The van der Waals surface area contributed by atoms with Crippen LogP contribution in [-0.4, -0.2) is 23.3 Å². The Morgan fingerprint density at radius 2 is 1.80 bits per heavy atom. The molecule has 1 aromatic carbocycles. The van der Waals surface area contributed by atoms with E-state index in [1.54, 1.807) is 0 Å². The highest BCUT2D eigenvalue weighted by Crippen LogP contribution is 2.20. The third kappa shape index (κ3) is 4.97. The van der Waals surface area contributed by atoms with Crippen molar-refractivity contribution in [3.8, 4) is 0 Å². The predicted molar refractivity (Wildman–Crippen MR) is 78.4 cm³/mol. The number of benzene rings is 1. The van der Waals surface area contributed by atoms with Crippen molar-refractivity contribution in [1.82, 2.24) is 0 Å². The summed E-state index contributed by atoms with van der Waals surface area (Å²) in [6.07, 6.45) is 6.23. The minimum Gasteiger partial charge on any atom is -0.460 e.